The smallest absolute Gasteiger partial charge is 0.220 e. The fraction of sp³-hybridized carbons (Fsp3) is 0.265. The molecule has 4 aromatic carbocycles. The lowest BCUT2D eigenvalue weighted by molar-refractivity contribution is -0.166. The lowest BCUT2D eigenvalue weighted by Gasteiger charge is -2.40. The standard InChI is InChI=1S/C34H34O5S/c35-34-33(39-24-29-19-11-4-12-20-29)32(38-23-28-17-9-3-10-18-28)31(37-22-27-15-7-2-8-16-27)30(40-34)25-36-21-26-13-5-1-6-14-26/h1-20,30-33H,21-25H2/t30-,31+,32+,33-/m1/s1. The number of carbonyl (C=O) groups excluding carboxylic acids is 1. The highest BCUT2D eigenvalue weighted by Gasteiger charge is 2.47. The largest absolute Gasteiger partial charge is 0.376 e. The van der Waals surface area contributed by atoms with E-state index in [2.05, 4.69) is 0 Å². The highest BCUT2D eigenvalue weighted by atomic mass is 32.2. The number of ether oxygens (including phenoxy) is 4. The topological polar surface area (TPSA) is 54.0 Å². The maximum atomic E-state index is 13.5. The second-order valence-corrected chi connectivity index (χ2v) is 11.0. The van der Waals surface area contributed by atoms with E-state index < -0.39 is 18.3 Å². The van der Waals surface area contributed by atoms with Crippen LogP contribution in [-0.4, -0.2) is 35.3 Å². The summed E-state index contributed by atoms with van der Waals surface area (Å²) in [5.74, 6) is 0. The zero-order valence-corrected chi connectivity index (χ0v) is 23.2. The molecule has 0 aromatic heterocycles. The van der Waals surface area contributed by atoms with Crippen LogP contribution in [0.1, 0.15) is 22.3 Å². The van der Waals surface area contributed by atoms with E-state index in [1.165, 1.54) is 11.8 Å². The van der Waals surface area contributed by atoms with E-state index in [1.54, 1.807) is 0 Å². The van der Waals surface area contributed by atoms with Gasteiger partial charge in [-0.15, -0.1) is 0 Å². The zero-order valence-electron chi connectivity index (χ0n) is 22.3. The Labute approximate surface area is 240 Å². The molecule has 5 nitrogen and oxygen atoms in total. The Morgan fingerprint density at radius 1 is 0.500 bits per heavy atom. The van der Waals surface area contributed by atoms with Gasteiger partial charge in [-0.05, 0) is 22.3 Å². The van der Waals surface area contributed by atoms with Gasteiger partial charge < -0.3 is 18.9 Å². The van der Waals surface area contributed by atoms with Gasteiger partial charge in [0.15, 0.2) is 6.10 Å². The third-order valence-corrected chi connectivity index (χ3v) is 7.90. The molecule has 4 aromatic rings. The monoisotopic (exact) mass is 554 g/mol. The third-order valence-electron chi connectivity index (χ3n) is 6.73. The summed E-state index contributed by atoms with van der Waals surface area (Å²) in [5, 5.41) is -0.320. The van der Waals surface area contributed by atoms with E-state index in [0.717, 1.165) is 22.3 Å². The van der Waals surface area contributed by atoms with E-state index in [9.17, 15) is 4.79 Å². The molecule has 0 radical (unpaired) electrons. The number of rotatable bonds is 13. The molecule has 0 spiro atoms. The molecule has 1 saturated heterocycles. The van der Waals surface area contributed by atoms with Crippen molar-refractivity contribution in [2.75, 3.05) is 6.61 Å². The van der Waals surface area contributed by atoms with E-state index in [0.29, 0.717) is 33.0 Å². The van der Waals surface area contributed by atoms with Crippen LogP contribution in [0, 0.1) is 0 Å². The molecular formula is C34H34O5S. The molecule has 6 heteroatoms. The Morgan fingerprint density at radius 3 is 1.38 bits per heavy atom. The van der Waals surface area contributed by atoms with Gasteiger partial charge in [-0.3, -0.25) is 4.79 Å². The van der Waals surface area contributed by atoms with Crippen molar-refractivity contribution in [3.63, 3.8) is 0 Å². The van der Waals surface area contributed by atoms with Crippen LogP contribution in [0.2, 0.25) is 0 Å². The van der Waals surface area contributed by atoms with Crippen LogP contribution >= 0.6 is 11.8 Å². The first-order chi connectivity index (χ1) is 19.8. The Kier molecular flexibility index (Phi) is 10.6. The minimum Gasteiger partial charge on any atom is -0.376 e. The van der Waals surface area contributed by atoms with Crippen molar-refractivity contribution >= 4 is 16.9 Å². The van der Waals surface area contributed by atoms with Crippen molar-refractivity contribution in [3.05, 3.63) is 144 Å². The van der Waals surface area contributed by atoms with Crippen molar-refractivity contribution in [2.45, 2.75) is 50.0 Å². The normalized spacial score (nSPS) is 20.9. The van der Waals surface area contributed by atoms with Gasteiger partial charge in [0.1, 0.15) is 12.2 Å². The number of hydrogen-bond acceptors (Lipinski definition) is 6. The molecule has 0 unspecified atom stereocenters. The summed E-state index contributed by atoms with van der Waals surface area (Å²) in [5.41, 5.74) is 4.15. The Balaban J connectivity index is 1.36. The molecule has 0 amide bonds. The third kappa shape index (κ3) is 8.13. The van der Waals surface area contributed by atoms with E-state index >= 15 is 0 Å². The fourth-order valence-electron chi connectivity index (χ4n) is 4.64. The molecule has 0 bridgehead atoms. The molecule has 5 rings (SSSR count). The summed E-state index contributed by atoms with van der Waals surface area (Å²) in [4.78, 5) is 13.5. The quantitative estimate of drug-likeness (QED) is 0.186. The lowest BCUT2D eigenvalue weighted by Crippen LogP contribution is -2.55. The van der Waals surface area contributed by atoms with Gasteiger partial charge in [0.2, 0.25) is 5.12 Å². The Morgan fingerprint density at radius 2 is 0.900 bits per heavy atom. The molecule has 0 N–H and O–H groups in total. The number of carbonyl (C=O) groups is 1. The van der Waals surface area contributed by atoms with Gasteiger partial charge in [0, 0.05) is 0 Å². The van der Waals surface area contributed by atoms with Crippen LogP contribution in [0.25, 0.3) is 0 Å². The van der Waals surface area contributed by atoms with Crippen molar-refractivity contribution < 1.29 is 23.7 Å². The number of hydrogen-bond donors (Lipinski definition) is 0. The van der Waals surface area contributed by atoms with Gasteiger partial charge in [0.05, 0.1) is 38.3 Å². The molecule has 1 heterocycles. The van der Waals surface area contributed by atoms with Crippen molar-refractivity contribution in [1.82, 2.24) is 0 Å². The first kappa shape index (κ1) is 28.3. The molecule has 1 aliphatic heterocycles. The van der Waals surface area contributed by atoms with Gasteiger partial charge in [0.25, 0.3) is 0 Å². The maximum absolute atomic E-state index is 13.5. The maximum Gasteiger partial charge on any atom is 0.220 e. The molecule has 4 atom stereocenters. The fourth-order valence-corrected chi connectivity index (χ4v) is 5.80. The van der Waals surface area contributed by atoms with Crippen molar-refractivity contribution in [2.24, 2.45) is 0 Å². The SMILES string of the molecule is O=C1S[C@H](COCc2ccccc2)[C@H](OCc2ccccc2)[C@H](OCc2ccccc2)[C@H]1OCc1ccccc1. The van der Waals surface area contributed by atoms with Crippen LogP contribution < -0.4 is 0 Å². The molecular weight excluding hydrogens is 520 g/mol. The van der Waals surface area contributed by atoms with Gasteiger partial charge >= 0.3 is 0 Å². The average molecular weight is 555 g/mol. The highest BCUT2D eigenvalue weighted by molar-refractivity contribution is 8.14. The second-order valence-electron chi connectivity index (χ2n) is 9.72. The molecule has 0 aliphatic carbocycles. The predicted molar refractivity (Wildman–Crippen MR) is 158 cm³/mol. The van der Waals surface area contributed by atoms with Crippen molar-refractivity contribution in [3.8, 4) is 0 Å². The molecule has 1 aliphatic rings. The van der Waals surface area contributed by atoms with E-state index in [-0.39, 0.29) is 10.4 Å². The number of benzene rings is 4. The molecule has 1 fully saturated rings. The number of thioether (sulfide) groups is 1. The first-order valence-electron chi connectivity index (χ1n) is 13.5. The second kappa shape index (κ2) is 14.9. The van der Waals surface area contributed by atoms with Gasteiger partial charge in [-0.1, -0.05) is 133 Å². The molecule has 40 heavy (non-hydrogen) atoms. The summed E-state index contributed by atoms with van der Waals surface area (Å²) in [7, 11) is 0. The van der Waals surface area contributed by atoms with E-state index in [1.807, 2.05) is 121 Å². The van der Waals surface area contributed by atoms with Crippen LogP contribution in [0.5, 0.6) is 0 Å². The Bertz CT molecular complexity index is 1290. The lowest BCUT2D eigenvalue weighted by atomic mass is 10.0. The Hall–Kier alpha value is -3.26. The summed E-state index contributed by atoms with van der Waals surface area (Å²) in [6, 6.07) is 39.9. The zero-order chi connectivity index (χ0) is 27.4. The first-order valence-corrected chi connectivity index (χ1v) is 14.4. The van der Waals surface area contributed by atoms with Crippen molar-refractivity contribution in [1.29, 1.82) is 0 Å². The summed E-state index contributed by atoms with van der Waals surface area (Å²) in [6.45, 7) is 1.86. The summed E-state index contributed by atoms with van der Waals surface area (Å²) < 4.78 is 25.4. The van der Waals surface area contributed by atoms with Crippen LogP contribution in [-0.2, 0) is 50.2 Å². The van der Waals surface area contributed by atoms with Crippen LogP contribution in [0.15, 0.2) is 121 Å². The minimum absolute atomic E-state index is 0.0677. The molecule has 206 valence electrons. The van der Waals surface area contributed by atoms with Gasteiger partial charge in [-0.25, -0.2) is 0 Å². The van der Waals surface area contributed by atoms with Gasteiger partial charge in [-0.2, -0.15) is 0 Å². The van der Waals surface area contributed by atoms with Crippen LogP contribution in [0.3, 0.4) is 0 Å². The predicted octanol–water partition coefficient (Wildman–Crippen LogP) is 6.60. The van der Waals surface area contributed by atoms with E-state index in [4.69, 9.17) is 18.9 Å². The summed E-state index contributed by atoms with van der Waals surface area (Å²) in [6.07, 6.45) is -1.81. The average Bonchev–Trinajstić information content (AvgIpc) is 3.01. The molecule has 0 saturated carbocycles. The van der Waals surface area contributed by atoms with Crippen LogP contribution in [0.4, 0.5) is 0 Å². The summed E-state index contributed by atoms with van der Waals surface area (Å²) >= 11 is 1.24. The highest BCUT2D eigenvalue weighted by Crippen LogP contribution is 2.35. The minimum atomic E-state index is -0.778.